The molecule has 0 spiro atoms. The number of aliphatic hydroxyl groups is 2. The van der Waals surface area contributed by atoms with Crippen molar-refractivity contribution in [2.24, 2.45) is 0 Å². The van der Waals surface area contributed by atoms with Crippen LogP contribution in [-0.4, -0.2) is 47.8 Å². The second-order valence-electron chi connectivity index (χ2n) is 7.81. The molecule has 30 heavy (non-hydrogen) atoms. The SMILES string of the molecule is CCCCCCCC/C=C\CCCCCCCC(=O)N(OCCCO)OCCCO. The number of carbonyl (C=O) groups is 1. The molecule has 1 amide bonds. The Hall–Kier alpha value is -0.950. The fourth-order valence-corrected chi connectivity index (χ4v) is 3.04. The highest BCUT2D eigenvalue weighted by molar-refractivity contribution is 5.73. The third kappa shape index (κ3) is 20.3. The van der Waals surface area contributed by atoms with Crippen LogP contribution >= 0.6 is 0 Å². The van der Waals surface area contributed by atoms with Crippen molar-refractivity contribution in [3.8, 4) is 0 Å². The molecule has 0 fully saturated rings. The van der Waals surface area contributed by atoms with Crippen LogP contribution in [0.25, 0.3) is 0 Å². The van der Waals surface area contributed by atoms with Gasteiger partial charge in [0.1, 0.15) is 0 Å². The highest BCUT2D eigenvalue weighted by atomic mass is 17.0. The van der Waals surface area contributed by atoms with E-state index in [2.05, 4.69) is 19.1 Å². The maximum Gasteiger partial charge on any atom is 0.273 e. The Balaban J connectivity index is 3.62. The van der Waals surface area contributed by atoms with E-state index < -0.39 is 0 Å². The molecule has 0 aliphatic heterocycles. The maximum atomic E-state index is 12.2. The Morgan fingerprint density at radius 1 is 0.700 bits per heavy atom. The summed E-state index contributed by atoms with van der Waals surface area (Å²) in [7, 11) is 0. The van der Waals surface area contributed by atoms with Gasteiger partial charge in [-0.15, -0.1) is 0 Å². The summed E-state index contributed by atoms with van der Waals surface area (Å²) in [6.07, 6.45) is 21.8. The summed E-state index contributed by atoms with van der Waals surface area (Å²) in [6.45, 7) is 2.73. The quantitative estimate of drug-likeness (QED) is 0.128. The van der Waals surface area contributed by atoms with Gasteiger partial charge < -0.3 is 10.2 Å². The van der Waals surface area contributed by atoms with Crippen LogP contribution in [-0.2, 0) is 14.5 Å². The molecular formula is C24H47NO5. The predicted octanol–water partition coefficient (Wildman–Crippen LogP) is 5.48. The van der Waals surface area contributed by atoms with Gasteiger partial charge in [-0.3, -0.25) is 4.79 Å². The van der Waals surface area contributed by atoms with Crippen LogP contribution in [0.15, 0.2) is 12.2 Å². The minimum absolute atomic E-state index is 0.00685. The highest BCUT2D eigenvalue weighted by Gasteiger charge is 2.15. The number of unbranched alkanes of at least 4 members (excludes halogenated alkanes) is 11. The van der Waals surface area contributed by atoms with Gasteiger partial charge in [-0.25, -0.2) is 9.68 Å². The molecule has 0 aromatic rings. The molecule has 0 saturated carbocycles. The Morgan fingerprint density at radius 2 is 1.17 bits per heavy atom. The summed E-state index contributed by atoms with van der Waals surface area (Å²) in [5, 5.41) is 18.6. The summed E-state index contributed by atoms with van der Waals surface area (Å²) in [5.74, 6) is -0.205. The molecule has 178 valence electrons. The van der Waals surface area contributed by atoms with E-state index in [0.717, 1.165) is 30.9 Å². The van der Waals surface area contributed by atoms with Gasteiger partial charge in [-0.1, -0.05) is 75.7 Å². The largest absolute Gasteiger partial charge is 0.396 e. The van der Waals surface area contributed by atoms with Crippen LogP contribution in [0.1, 0.15) is 110 Å². The first-order valence-electron chi connectivity index (χ1n) is 12.2. The number of allylic oxidation sites excluding steroid dienone is 2. The summed E-state index contributed by atoms with van der Waals surface area (Å²) in [5.41, 5.74) is 0. The van der Waals surface area contributed by atoms with Gasteiger partial charge in [0.2, 0.25) is 0 Å². The molecule has 0 aliphatic rings. The molecule has 6 heteroatoms. The fraction of sp³-hybridized carbons (Fsp3) is 0.875. The molecular weight excluding hydrogens is 382 g/mol. The highest BCUT2D eigenvalue weighted by Crippen LogP contribution is 2.11. The zero-order chi connectivity index (χ0) is 22.1. The van der Waals surface area contributed by atoms with Crippen molar-refractivity contribution >= 4 is 5.91 Å². The minimum Gasteiger partial charge on any atom is -0.396 e. The standard InChI is InChI=1S/C24H47NO5/c1-2-3-4-5-6-7-8-9-10-11-12-13-14-15-16-19-24(28)25(29-22-17-20-26)30-23-18-21-27/h9-10,26-27H,2-8,11-23H2,1H3/b10-9-. The lowest BCUT2D eigenvalue weighted by Crippen LogP contribution is -2.32. The lowest BCUT2D eigenvalue weighted by atomic mass is 10.1. The molecule has 2 N–H and O–H groups in total. The molecule has 0 unspecified atom stereocenters. The molecule has 6 nitrogen and oxygen atoms in total. The lowest BCUT2D eigenvalue weighted by molar-refractivity contribution is -0.343. The molecule has 0 bridgehead atoms. The van der Waals surface area contributed by atoms with Crippen LogP contribution in [0.2, 0.25) is 0 Å². The molecule has 0 aliphatic carbocycles. The van der Waals surface area contributed by atoms with E-state index in [1.54, 1.807) is 0 Å². The van der Waals surface area contributed by atoms with E-state index in [1.807, 2.05) is 0 Å². The van der Waals surface area contributed by atoms with E-state index >= 15 is 0 Å². The maximum absolute atomic E-state index is 12.2. The summed E-state index contributed by atoms with van der Waals surface area (Å²) in [6, 6.07) is 0. The molecule has 0 aromatic heterocycles. The van der Waals surface area contributed by atoms with Crippen molar-refractivity contribution in [3.05, 3.63) is 12.2 Å². The Morgan fingerprint density at radius 3 is 1.67 bits per heavy atom. The van der Waals surface area contributed by atoms with E-state index in [0.29, 0.717) is 19.3 Å². The second-order valence-corrected chi connectivity index (χ2v) is 7.81. The van der Waals surface area contributed by atoms with Crippen LogP contribution in [0, 0.1) is 0 Å². The number of rotatable bonds is 23. The molecule has 0 saturated heterocycles. The van der Waals surface area contributed by atoms with E-state index in [9.17, 15) is 4.79 Å². The van der Waals surface area contributed by atoms with Gasteiger partial charge in [0.05, 0.1) is 13.2 Å². The van der Waals surface area contributed by atoms with Gasteiger partial charge in [0.25, 0.3) is 5.91 Å². The van der Waals surface area contributed by atoms with Crippen molar-refractivity contribution in [2.45, 2.75) is 110 Å². The molecule has 0 rings (SSSR count). The number of amides is 1. The van der Waals surface area contributed by atoms with Gasteiger partial charge in [-0.05, 0) is 44.9 Å². The van der Waals surface area contributed by atoms with Crippen molar-refractivity contribution in [2.75, 3.05) is 26.4 Å². The number of hydrogen-bond donors (Lipinski definition) is 2. The molecule has 0 aromatic carbocycles. The Bertz CT molecular complexity index is 380. The van der Waals surface area contributed by atoms with E-state index in [1.165, 1.54) is 57.8 Å². The Kier molecular flexibility index (Phi) is 23.6. The lowest BCUT2D eigenvalue weighted by Gasteiger charge is -2.20. The summed E-state index contributed by atoms with van der Waals surface area (Å²) >= 11 is 0. The van der Waals surface area contributed by atoms with Crippen LogP contribution < -0.4 is 0 Å². The zero-order valence-electron chi connectivity index (χ0n) is 19.4. The second kappa shape index (κ2) is 24.3. The Labute approximate surface area is 184 Å². The van der Waals surface area contributed by atoms with Gasteiger partial charge in [0, 0.05) is 19.6 Å². The third-order valence-electron chi connectivity index (χ3n) is 4.88. The van der Waals surface area contributed by atoms with E-state index in [4.69, 9.17) is 19.9 Å². The fourth-order valence-electron chi connectivity index (χ4n) is 3.04. The summed E-state index contributed by atoms with van der Waals surface area (Å²) in [4.78, 5) is 22.8. The number of hydroxylamine groups is 2. The first-order valence-corrected chi connectivity index (χ1v) is 12.2. The number of aliphatic hydroxyl groups excluding tert-OH is 2. The normalized spacial score (nSPS) is 11.4. The van der Waals surface area contributed by atoms with Crippen molar-refractivity contribution < 1.29 is 24.7 Å². The van der Waals surface area contributed by atoms with Gasteiger partial charge in [-0.2, -0.15) is 0 Å². The zero-order valence-corrected chi connectivity index (χ0v) is 19.4. The van der Waals surface area contributed by atoms with E-state index in [-0.39, 0.29) is 32.3 Å². The average molecular weight is 430 g/mol. The first-order chi connectivity index (χ1) is 14.8. The third-order valence-corrected chi connectivity index (χ3v) is 4.88. The predicted molar refractivity (Wildman–Crippen MR) is 122 cm³/mol. The first kappa shape index (κ1) is 29.1. The number of nitrogens with zero attached hydrogens (tertiary/aromatic N) is 1. The topological polar surface area (TPSA) is 79.2 Å². The van der Waals surface area contributed by atoms with Crippen molar-refractivity contribution in [3.63, 3.8) is 0 Å². The van der Waals surface area contributed by atoms with Gasteiger partial charge >= 0.3 is 0 Å². The van der Waals surface area contributed by atoms with Gasteiger partial charge in [0.15, 0.2) is 0 Å². The minimum atomic E-state index is -0.205. The number of carbonyl (C=O) groups excluding carboxylic acids is 1. The monoisotopic (exact) mass is 429 g/mol. The van der Waals surface area contributed by atoms with Crippen molar-refractivity contribution in [1.82, 2.24) is 5.23 Å². The average Bonchev–Trinajstić information content (AvgIpc) is 2.75. The number of hydrogen-bond acceptors (Lipinski definition) is 5. The van der Waals surface area contributed by atoms with Crippen molar-refractivity contribution in [1.29, 1.82) is 0 Å². The van der Waals surface area contributed by atoms with Crippen LogP contribution in [0.4, 0.5) is 0 Å². The smallest absolute Gasteiger partial charge is 0.273 e. The summed E-state index contributed by atoms with van der Waals surface area (Å²) < 4.78 is 0. The molecule has 0 atom stereocenters. The molecule has 0 heterocycles. The van der Waals surface area contributed by atoms with Crippen LogP contribution in [0.5, 0.6) is 0 Å². The van der Waals surface area contributed by atoms with Crippen LogP contribution in [0.3, 0.4) is 0 Å². The molecule has 0 radical (unpaired) electrons.